The molecular formula is C17H18N4O. The highest BCUT2D eigenvalue weighted by Crippen LogP contribution is 2.26. The topological polar surface area (TPSA) is 59.8 Å². The van der Waals surface area contributed by atoms with E-state index in [1.54, 1.807) is 4.68 Å². The minimum atomic E-state index is -0.0797. The highest BCUT2D eigenvalue weighted by Gasteiger charge is 2.15. The van der Waals surface area contributed by atoms with Gasteiger partial charge in [0.2, 0.25) is 0 Å². The molecule has 3 aromatic rings. The van der Waals surface area contributed by atoms with Crippen LogP contribution >= 0.6 is 0 Å². The van der Waals surface area contributed by atoms with Crippen LogP contribution in [0.15, 0.2) is 36.5 Å². The molecule has 0 saturated carbocycles. The van der Waals surface area contributed by atoms with Crippen LogP contribution in [0.4, 0.5) is 0 Å². The van der Waals surface area contributed by atoms with Gasteiger partial charge in [0, 0.05) is 30.7 Å². The maximum Gasteiger partial charge on any atom is 0.252 e. The molecule has 0 bridgehead atoms. The molecule has 0 radical (unpaired) electrons. The average molecular weight is 294 g/mol. The van der Waals surface area contributed by atoms with Crippen LogP contribution in [0.25, 0.3) is 22.2 Å². The van der Waals surface area contributed by atoms with Crippen molar-refractivity contribution in [3.63, 3.8) is 0 Å². The van der Waals surface area contributed by atoms with Gasteiger partial charge in [-0.2, -0.15) is 5.10 Å². The molecule has 0 atom stereocenters. The third-order valence-electron chi connectivity index (χ3n) is 3.59. The van der Waals surface area contributed by atoms with E-state index < -0.39 is 0 Å². The molecule has 3 rings (SSSR count). The Hall–Kier alpha value is -2.69. The van der Waals surface area contributed by atoms with Gasteiger partial charge in [-0.15, -0.1) is 0 Å². The normalized spacial score (nSPS) is 10.9. The number of aryl methyl sites for hydroxylation is 2. The van der Waals surface area contributed by atoms with Crippen molar-refractivity contribution in [1.29, 1.82) is 0 Å². The molecule has 112 valence electrons. The molecule has 0 aliphatic heterocycles. The van der Waals surface area contributed by atoms with E-state index in [1.165, 1.54) is 0 Å². The van der Waals surface area contributed by atoms with Crippen LogP contribution in [0.2, 0.25) is 0 Å². The molecule has 2 heterocycles. The van der Waals surface area contributed by atoms with Crippen molar-refractivity contribution in [2.24, 2.45) is 7.05 Å². The van der Waals surface area contributed by atoms with E-state index in [4.69, 9.17) is 0 Å². The van der Waals surface area contributed by atoms with Gasteiger partial charge in [0.05, 0.1) is 22.5 Å². The lowest BCUT2D eigenvalue weighted by molar-refractivity contribution is 0.0957. The highest BCUT2D eigenvalue weighted by molar-refractivity contribution is 6.07. The van der Waals surface area contributed by atoms with Crippen LogP contribution in [0, 0.1) is 6.92 Å². The van der Waals surface area contributed by atoms with Crippen molar-refractivity contribution in [2.75, 3.05) is 6.54 Å². The molecule has 0 saturated heterocycles. The zero-order chi connectivity index (χ0) is 15.7. The van der Waals surface area contributed by atoms with E-state index >= 15 is 0 Å². The van der Waals surface area contributed by atoms with E-state index in [-0.39, 0.29) is 5.91 Å². The number of hydrogen-bond acceptors (Lipinski definition) is 3. The van der Waals surface area contributed by atoms with Crippen LogP contribution in [-0.4, -0.2) is 27.2 Å². The first-order valence-electron chi connectivity index (χ1n) is 7.28. The van der Waals surface area contributed by atoms with E-state index in [1.807, 2.05) is 57.4 Å². The van der Waals surface area contributed by atoms with Crippen LogP contribution in [0.3, 0.4) is 0 Å². The zero-order valence-electron chi connectivity index (χ0n) is 12.9. The van der Waals surface area contributed by atoms with Gasteiger partial charge in [-0.25, -0.2) is 4.98 Å². The minimum absolute atomic E-state index is 0.0797. The fourth-order valence-corrected chi connectivity index (χ4v) is 2.61. The van der Waals surface area contributed by atoms with Crippen molar-refractivity contribution >= 4 is 16.8 Å². The van der Waals surface area contributed by atoms with Gasteiger partial charge >= 0.3 is 0 Å². The first kappa shape index (κ1) is 14.3. The van der Waals surface area contributed by atoms with Gasteiger partial charge in [-0.05, 0) is 26.0 Å². The van der Waals surface area contributed by atoms with Gasteiger partial charge < -0.3 is 5.32 Å². The van der Waals surface area contributed by atoms with E-state index in [9.17, 15) is 4.79 Å². The quantitative estimate of drug-likeness (QED) is 0.808. The summed E-state index contributed by atoms with van der Waals surface area (Å²) in [7, 11) is 1.88. The molecule has 0 aliphatic carbocycles. The Morgan fingerprint density at radius 1 is 1.32 bits per heavy atom. The second-order valence-electron chi connectivity index (χ2n) is 5.23. The fourth-order valence-electron chi connectivity index (χ4n) is 2.61. The number of nitrogens with one attached hydrogen (secondary N) is 1. The maximum atomic E-state index is 12.4. The van der Waals surface area contributed by atoms with Crippen molar-refractivity contribution in [3.8, 4) is 11.3 Å². The third kappa shape index (κ3) is 2.45. The number of benzene rings is 1. The first-order chi connectivity index (χ1) is 10.6. The molecule has 22 heavy (non-hydrogen) atoms. The number of amides is 1. The number of rotatable bonds is 3. The molecule has 1 N–H and O–H groups in total. The van der Waals surface area contributed by atoms with Crippen LogP contribution < -0.4 is 5.32 Å². The van der Waals surface area contributed by atoms with Gasteiger partial charge in [-0.1, -0.05) is 18.2 Å². The Morgan fingerprint density at radius 2 is 2.09 bits per heavy atom. The number of carbonyl (C=O) groups is 1. The van der Waals surface area contributed by atoms with Crippen molar-refractivity contribution in [1.82, 2.24) is 20.1 Å². The van der Waals surface area contributed by atoms with E-state index in [0.29, 0.717) is 12.1 Å². The van der Waals surface area contributed by atoms with Crippen LogP contribution in [-0.2, 0) is 7.05 Å². The Bertz CT molecular complexity index is 851. The minimum Gasteiger partial charge on any atom is -0.352 e. The van der Waals surface area contributed by atoms with Gasteiger partial charge in [0.25, 0.3) is 5.91 Å². The van der Waals surface area contributed by atoms with Crippen molar-refractivity contribution in [3.05, 3.63) is 47.8 Å². The molecule has 2 aromatic heterocycles. The SMILES string of the molecule is CCNC(=O)c1cc(-c2cn(C)nc2C)nc2ccccc12. The number of para-hydroxylation sites is 1. The summed E-state index contributed by atoms with van der Waals surface area (Å²) in [5.41, 5.74) is 4.06. The zero-order valence-corrected chi connectivity index (χ0v) is 12.9. The van der Waals surface area contributed by atoms with Gasteiger partial charge in [-0.3, -0.25) is 9.48 Å². The van der Waals surface area contributed by atoms with E-state index in [2.05, 4.69) is 15.4 Å². The molecule has 5 nitrogen and oxygen atoms in total. The lowest BCUT2D eigenvalue weighted by atomic mass is 10.0. The number of carbonyl (C=O) groups excluding carboxylic acids is 1. The summed E-state index contributed by atoms with van der Waals surface area (Å²) >= 11 is 0. The van der Waals surface area contributed by atoms with E-state index in [0.717, 1.165) is 27.9 Å². The van der Waals surface area contributed by atoms with Crippen molar-refractivity contribution < 1.29 is 4.79 Å². The lowest BCUT2D eigenvalue weighted by Gasteiger charge is -2.09. The second kappa shape index (κ2) is 5.60. The van der Waals surface area contributed by atoms with Gasteiger partial charge in [0.15, 0.2) is 0 Å². The largest absolute Gasteiger partial charge is 0.352 e. The van der Waals surface area contributed by atoms with Crippen molar-refractivity contribution in [2.45, 2.75) is 13.8 Å². The molecule has 1 amide bonds. The summed E-state index contributed by atoms with van der Waals surface area (Å²) in [6, 6.07) is 9.54. The lowest BCUT2D eigenvalue weighted by Crippen LogP contribution is -2.23. The number of fused-ring (bicyclic) bond motifs is 1. The van der Waals surface area contributed by atoms with Gasteiger partial charge in [0.1, 0.15) is 0 Å². The maximum absolute atomic E-state index is 12.4. The average Bonchev–Trinajstić information content (AvgIpc) is 2.85. The molecule has 0 fully saturated rings. The first-order valence-corrected chi connectivity index (χ1v) is 7.28. The number of pyridine rings is 1. The number of nitrogens with zero attached hydrogens (tertiary/aromatic N) is 3. The summed E-state index contributed by atoms with van der Waals surface area (Å²) in [6.45, 7) is 4.45. The monoisotopic (exact) mass is 294 g/mol. The summed E-state index contributed by atoms with van der Waals surface area (Å²) in [5.74, 6) is -0.0797. The summed E-state index contributed by atoms with van der Waals surface area (Å²) in [6.07, 6.45) is 1.92. The summed E-state index contributed by atoms with van der Waals surface area (Å²) < 4.78 is 1.76. The molecule has 5 heteroatoms. The number of hydrogen-bond donors (Lipinski definition) is 1. The highest BCUT2D eigenvalue weighted by atomic mass is 16.1. The fraction of sp³-hybridized carbons (Fsp3) is 0.235. The van der Waals surface area contributed by atoms with Crippen LogP contribution in [0.1, 0.15) is 23.0 Å². The molecule has 0 spiro atoms. The molecule has 1 aromatic carbocycles. The smallest absolute Gasteiger partial charge is 0.252 e. The standard InChI is InChI=1S/C17H18N4O/c1-4-18-17(22)13-9-16(14-10-21(3)20-11(14)2)19-15-8-6-5-7-12(13)15/h5-10H,4H2,1-3H3,(H,18,22). The second-order valence-corrected chi connectivity index (χ2v) is 5.23. The predicted molar refractivity (Wildman–Crippen MR) is 86.7 cm³/mol. The Balaban J connectivity index is 2.24. The van der Waals surface area contributed by atoms with Crippen LogP contribution in [0.5, 0.6) is 0 Å². The predicted octanol–water partition coefficient (Wildman–Crippen LogP) is 2.69. The molecule has 0 aliphatic rings. The Labute approximate surface area is 129 Å². The molecular weight excluding hydrogens is 276 g/mol. The number of aromatic nitrogens is 3. The Kier molecular flexibility index (Phi) is 3.63. The molecule has 0 unspecified atom stereocenters. The third-order valence-corrected chi connectivity index (χ3v) is 3.59. The Morgan fingerprint density at radius 3 is 2.77 bits per heavy atom. The summed E-state index contributed by atoms with van der Waals surface area (Å²) in [5, 5.41) is 8.08. The summed E-state index contributed by atoms with van der Waals surface area (Å²) in [4.78, 5) is 17.1.